The molecule has 5 heteroatoms. The first-order chi connectivity index (χ1) is 12.5. The van der Waals surface area contributed by atoms with Gasteiger partial charge in [0.25, 0.3) is 11.8 Å². The molecule has 1 atom stereocenters. The zero-order valence-corrected chi connectivity index (χ0v) is 16.0. The molecule has 26 heavy (non-hydrogen) atoms. The molecule has 0 radical (unpaired) electrons. The third-order valence-corrected chi connectivity index (χ3v) is 5.60. The van der Waals surface area contributed by atoms with Crippen LogP contribution >= 0.6 is 0 Å². The van der Waals surface area contributed by atoms with E-state index in [1.165, 1.54) is 19.3 Å². The van der Waals surface area contributed by atoms with Gasteiger partial charge in [0.1, 0.15) is 0 Å². The number of aryl methyl sites for hydroxylation is 1. The Morgan fingerprint density at radius 2 is 2.08 bits per heavy atom. The molecule has 0 unspecified atom stereocenters. The second-order valence-electron chi connectivity index (χ2n) is 7.98. The van der Waals surface area contributed by atoms with Crippen molar-refractivity contribution in [2.24, 2.45) is 11.3 Å². The van der Waals surface area contributed by atoms with Gasteiger partial charge in [0.05, 0.1) is 0 Å². The molecule has 3 rings (SSSR count). The molecule has 1 N–H and O–H groups in total. The molecule has 1 heterocycles. The molecule has 0 spiro atoms. The lowest BCUT2D eigenvalue weighted by molar-refractivity contribution is 0.0937. The van der Waals surface area contributed by atoms with Crippen molar-refractivity contribution in [3.8, 4) is 11.5 Å². The van der Waals surface area contributed by atoms with E-state index in [1.807, 2.05) is 24.3 Å². The summed E-state index contributed by atoms with van der Waals surface area (Å²) in [5.74, 6) is 1.79. The molecule has 1 aromatic heterocycles. The monoisotopic (exact) mass is 355 g/mol. The van der Waals surface area contributed by atoms with E-state index in [4.69, 9.17) is 4.52 Å². The summed E-state index contributed by atoms with van der Waals surface area (Å²) in [5, 5.41) is 7.10. The summed E-state index contributed by atoms with van der Waals surface area (Å²) in [6.07, 6.45) is 6.68. The first-order valence-electron chi connectivity index (χ1n) is 9.71. The van der Waals surface area contributed by atoms with Gasteiger partial charge in [-0.25, -0.2) is 0 Å². The normalized spacial score (nSPS) is 18.8. The maximum absolute atomic E-state index is 12.4. The zero-order valence-electron chi connectivity index (χ0n) is 16.0. The average Bonchev–Trinajstić information content (AvgIpc) is 3.24. The number of nitrogens with one attached hydrogen (secondary N) is 1. The minimum absolute atomic E-state index is 0.0200. The first kappa shape index (κ1) is 18.6. The van der Waals surface area contributed by atoms with E-state index in [-0.39, 0.29) is 5.91 Å². The third kappa shape index (κ3) is 4.32. The number of hydrogen-bond donors (Lipinski definition) is 1. The van der Waals surface area contributed by atoms with Crippen LogP contribution in [-0.2, 0) is 6.42 Å². The molecule has 1 aromatic carbocycles. The number of carbonyl (C=O) groups is 1. The van der Waals surface area contributed by atoms with Crippen LogP contribution in [0.3, 0.4) is 0 Å². The summed E-state index contributed by atoms with van der Waals surface area (Å²) in [5.41, 5.74) is 1.83. The Bertz CT molecular complexity index is 734. The van der Waals surface area contributed by atoms with Gasteiger partial charge >= 0.3 is 0 Å². The van der Waals surface area contributed by atoms with Gasteiger partial charge in [0.15, 0.2) is 5.82 Å². The number of amides is 1. The van der Waals surface area contributed by atoms with Crippen LogP contribution < -0.4 is 5.32 Å². The minimum Gasteiger partial charge on any atom is -0.352 e. The first-order valence-corrected chi connectivity index (χ1v) is 9.71. The van der Waals surface area contributed by atoms with Crippen molar-refractivity contribution < 1.29 is 9.32 Å². The van der Waals surface area contributed by atoms with E-state index in [0.29, 0.717) is 22.8 Å². The predicted octanol–water partition coefficient (Wildman–Crippen LogP) is 4.64. The number of aromatic nitrogens is 2. The van der Waals surface area contributed by atoms with Gasteiger partial charge in [0.2, 0.25) is 0 Å². The van der Waals surface area contributed by atoms with Crippen molar-refractivity contribution in [1.82, 2.24) is 15.5 Å². The molecule has 0 bridgehead atoms. The van der Waals surface area contributed by atoms with Crippen LogP contribution in [0.4, 0.5) is 0 Å². The van der Waals surface area contributed by atoms with Gasteiger partial charge in [-0.15, -0.1) is 0 Å². The Labute approximate surface area is 155 Å². The highest BCUT2D eigenvalue weighted by atomic mass is 16.5. The van der Waals surface area contributed by atoms with Gasteiger partial charge < -0.3 is 9.84 Å². The molecule has 0 saturated heterocycles. The summed E-state index contributed by atoms with van der Waals surface area (Å²) in [6, 6.07) is 7.37. The molecule has 1 fully saturated rings. The Hall–Kier alpha value is -2.17. The van der Waals surface area contributed by atoms with Gasteiger partial charge in [-0.05, 0) is 54.9 Å². The molecule has 5 nitrogen and oxygen atoms in total. The second-order valence-corrected chi connectivity index (χ2v) is 7.98. The topological polar surface area (TPSA) is 68.0 Å². The van der Waals surface area contributed by atoms with Gasteiger partial charge in [-0.1, -0.05) is 38.8 Å². The van der Waals surface area contributed by atoms with E-state index < -0.39 is 0 Å². The minimum atomic E-state index is -0.0200. The highest BCUT2D eigenvalue weighted by molar-refractivity contribution is 5.94. The van der Waals surface area contributed by atoms with Crippen LogP contribution in [0.25, 0.3) is 11.5 Å². The lowest BCUT2D eigenvalue weighted by Gasteiger charge is -2.27. The van der Waals surface area contributed by atoms with E-state index >= 15 is 0 Å². The zero-order chi connectivity index (χ0) is 18.6. The largest absolute Gasteiger partial charge is 0.352 e. The van der Waals surface area contributed by atoms with Crippen LogP contribution in [0.15, 0.2) is 28.8 Å². The van der Waals surface area contributed by atoms with Gasteiger partial charge in [0, 0.05) is 24.1 Å². The maximum atomic E-state index is 12.4. The van der Waals surface area contributed by atoms with Crippen LogP contribution in [0.1, 0.15) is 69.1 Å². The van der Waals surface area contributed by atoms with Crippen molar-refractivity contribution in [2.75, 3.05) is 6.54 Å². The molecule has 1 amide bonds. The molecular formula is C21H29N3O2. The van der Waals surface area contributed by atoms with Crippen LogP contribution in [0.5, 0.6) is 0 Å². The summed E-state index contributed by atoms with van der Waals surface area (Å²) in [7, 11) is 0. The summed E-state index contributed by atoms with van der Waals surface area (Å²) < 4.78 is 5.32. The van der Waals surface area contributed by atoms with Crippen molar-refractivity contribution >= 4 is 5.91 Å². The van der Waals surface area contributed by atoms with Gasteiger partial charge in [-0.3, -0.25) is 4.79 Å². The second kappa shape index (κ2) is 8.02. The maximum Gasteiger partial charge on any atom is 0.257 e. The number of hydrogen-bond acceptors (Lipinski definition) is 4. The number of nitrogens with zero attached hydrogens (tertiary/aromatic N) is 2. The van der Waals surface area contributed by atoms with E-state index in [0.717, 1.165) is 37.2 Å². The van der Waals surface area contributed by atoms with Crippen LogP contribution in [-0.4, -0.2) is 22.6 Å². The van der Waals surface area contributed by atoms with E-state index in [2.05, 4.69) is 36.2 Å². The smallest absolute Gasteiger partial charge is 0.257 e. The molecule has 1 aliphatic carbocycles. The fourth-order valence-electron chi connectivity index (χ4n) is 3.67. The summed E-state index contributed by atoms with van der Waals surface area (Å²) >= 11 is 0. The lowest BCUT2D eigenvalue weighted by Crippen LogP contribution is -2.33. The van der Waals surface area contributed by atoms with E-state index in [9.17, 15) is 4.79 Å². The molecule has 140 valence electrons. The molecule has 1 aliphatic rings. The van der Waals surface area contributed by atoms with E-state index in [1.54, 1.807) is 0 Å². The summed E-state index contributed by atoms with van der Waals surface area (Å²) in [6.45, 7) is 7.48. The average molecular weight is 355 g/mol. The van der Waals surface area contributed by atoms with Crippen molar-refractivity contribution in [2.45, 2.75) is 59.3 Å². The SMILES string of the molecule is CCCCc1noc(-c2ccc(C(=O)NC[C@@H]3CCCC3(C)C)cc2)n1. The van der Waals surface area contributed by atoms with Gasteiger partial charge in [-0.2, -0.15) is 4.98 Å². The fraction of sp³-hybridized carbons (Fsp3) is 0.571. The fourth-order valence-corrected chi connectivity index (χ4v) is 3.67. The highest BCUT2D eigenvalue weighted by Crippen LogP contribution is 2.42. The predicted molar refractivity (Wildman–Crippen MR) is 102 cm³/mol. The quantitative estimate of drug-likeness (QED) is 0.786. The Morgan fingerprint density at radius 1 is 1.31 bits per heavy atom. The molecule has 1 saturated carbocycles. The van der Waals surface area contributed by atoms with Crippen molar-refractivity contribution in [1.29, 1.82) is 0 Å². The Kier molecular flexibility index (Phi) is 5.74. The standard InChI is InChI=1S/C21H29N3O2/c1-4-5-8-18-23-20(26-24-18)16-11-9-15(10-12-16)19(25)22-14-17-7-6-13-21(17,2)3/h9-12,17H,4-8,13-14H2,1-3H3,(H,22,25)/t17-/m0/s1. The number of benzene rings is 1. The van der Waals surface area contributed by atoms with Crippen molar-refractivity contribution in [3.05, 3.63) is 35.7 Å². The van der Waals surface area contributed by atoms with Crippen LogP contribution in [0.2, 0.25) is 0 Å². The molecular weight excluding hydrogens is 326 g/mol. The highest BCUT2D eigenvalue weighted by Gasteiger charge is 2.34. The lowest BCUT2D eigenvalue weighted by atomic mass is 9.82. The Balaban J connectivity index is 1.58. The molecule has 2 aromatic rings. The van der Waals surface area contributed by atoms with Crippen LogP contribution in [0, 0.1) is 11.3 Å². The molecule has 0 aliphatic heterocycles. The third-order valence-electron chi connectivity index (χ3n) is 5.60. The summed E-state index contributed by atoms with van der Waals surface area (Å²) in [4.78, 5) is 16.8. The number of rotatable bonds is 7. The number of carbonyl (C=O) groups excluding carboxylic acids is 1. The Morgan fingerprint density at radius 3 is 2.73 bits per heavy atom. The van der Waals surface area contributed by atoms with Crippen molar-refractivity contribution in [3.63, 3.8) is 0 Å². The number of unbranched alkanes of at least 4 members (excludes halogenated alkanes) is 1.